The van der Waals surface area contributed by atoms with Gasteiger partial charge in [0.1, 0.15) is 84.6 Å². The van der Waals surface area contributed by atoms with E-state index in [0.717, 1.165) is 75.1 Å². The normalized spacial score (nSPS) is 29.3. The summed E-state index contributed by atoms with van der Waals surface area (Å²) in [5.74, 6) is -1.59. The molecule has 2 saturated carbocycles. The molecule has 19 rings (SSSR count). The first kappa shape index (κ1) is 102. The molecule has 2 aliphatic carbocycles. The maximum atomic E-state index is 14.3. The fraction of sp³-hybridized carbons (Fsp3) is 0.553. The van der Waals surface area contributed by atoms with Crippen LogP contribution in [-0.2, 0) is 98.8 Å². The predicted octanol–water partition coefficient (Wildman–Crippen LogP) is 2.91. The van der Waals surface area contributed by atoms with E-state index >= 15 is 0 Å². The number of H-pyrrole nitrogens is 4. The topological polar surface area (TPSA) is 902 Å². The Balaban J connectivity index is 0.000000143. The minimum Gasteiger partial charge on any atom is -0.461 e. The molecule has 7 aliphatic heterocycles. The van der Waals surface area contributed by atoms with Crippen molar-refractivity contribution in [3.8, 4) is 11.5 Å². The van der Waals surface area contributed by atoms with Crippen molar-refractivity contribution in [1.29, 1.82) is 0 Å². The van der Waals surface area contributed by atoms with Gasteiger partial charge in [0.15, 0.2) is 69.6 Å². The van der Waals surface area contributed by atoms with Crippen molar-refractivity contribution in [2.75, 3.05) is 70.7 Å². The Morgan fingerprint density at radius 1 is 0.469 bits per heavy atom. The molecule has 143 heavy (non-hydrogen) atoms. The highest BCUT2D eigenvalue weighted by atomic mass is 31.2. The molecule has 9 fully saturated rings. The average molecular weight is 2040 g/mol. The maximum absolute atomic E-state index is 14.3. The summed E-state index contributed by atoms with van der Waals surface area (Å²) in [7, 11) is -4.86. The highest BCUT2D eigenvalue weighted by Gasteiger charge is 2.67. The van der Waals surface area contributed by atoms with E-state index in [4.69, 9.17) is 123 Å². The number of anilines is 4. The summed E-state index contributed by atoms with van der Waals surface area (Å²) in [4.78, 5) is 127. The lowest BCUT2D eigenvalue weighted by atomic mass is 9.98. The number of nitrogen functional groups attached to an aromatic ring is 4. The number of fused-ring (bicyclic) bond motifs is 7. The first-order chi connectivity index (χ1) is 68.7. The molecular formula is C76H94N34O31P2. The predicted molar refractivity (Wildman–Crippen MR) is 478 cm³/mol. The quantitative estimate of drug-likeness (QED) is 0.00976. The SMILES string of the molecule is COC1O[C@H]2[C@H](n3cnc4c(=O)[nH]c(N)nc43)O[C@@](CO)(N=[N+]=[N-])[C@H]2O1.COC1O[C@H]2[C@H](n3cnc4c(=O)[nH]c(N)nc43)O[C@@](COP(=O)(N[C@@H](C)C(=O)OC3CCCCC3)Oc3ccccc3)(N=[N+]=[N-])[C@H]2O1.COC1O[C@H]2[C@H](n3cnc4c(=O)[nH]c(N)nc43)O[C@@](COP(=O)(N[C@@H](C)C(=O)OC3CCCCC3)Oc3ccccc3)(N=[N+]=[N-])[C@H]2O1.[N-]=[N+]=N[C@]1(CO)O[C@@H](n2cnc3c(=O)[nH]c(N)nc32)[C@H](O)[C@@H]1O. The smallest absolute Gasteiger partial charge is 0.459 e. The van der Waals surface area contributed by atoms with E-state index in [1.807, 2.05) is 0 Å². The minimum atomic E-state index is -4.45. The van der Waals surface area contributed by atoms with Gasteiger partial charge in [-0.2, -0.15) is 30.1 Å². The lowest BCUT2D eigenvalue weighted by molar-refractivity contribution is -0.270. The van der Waals surface area contributed by atoms with Crippen molar-refractivity contribution in [2.24, 2.45) is 20.5 Å². The molecule has 0 bridgehead atoms. The third-order valence-electron chi connectivity index (χ3n) is 23.7. The Hall–Kier alpha value is -13.6. The number of nitrogens with zero attached hydrogens (tertiary/aromatic N) is 24. The number of aliphatic hydroxyl groups is 4. The highest BCUT2D eigenvalue weighted by molar-refractivity contribution is 7.52. The molecule has 67 heteroatoms. The molecule has 0 spiro atoms. The van der Waals surface area contributed by atoms with Crippen LogP contribution in [0.25, 0.3) is 86.4 Å². The zero-order valence-electron chi connectivity index (χ0n) is 75.7. The summed E-state index contributed by atoms with van der Waals surface area (Å²) in [6, 6.07) is 14.1. The second kappa shape index (κ2) is 42.9. The van der Waals surface area contributed by atoms with Gasteiger partial charge in [-0.25, -0.2) is 29.1 Å². The summed E-state index contributed by atoms with van der Waals surface area (Å²) in [6.07, 6.45) is -0.740. The van der Waals surface area contributed by atoms with Gasteiger partial charge in [0.05, 0.1) is 51.7 Å². The van der Waals surface area contributed by atoms with E-state index in [9.17, 15) is 69.4 Å². The number of carbonyl (C=O) groups is 2. The Kier molecular flexibility index (Phi) is 30.7. The van der Waals surface area contributed by atoms with Gasteiger partial charge in [0, 0.05) is 41.0 Å². The van der Waals surface area contributed by atoms with Crippen LogP contribution in [0.15, 0.2) is 126 Å². The summed E-state index contributed by atoms with van der Waals surface area (Å²) >= 11 is 0. The summed E-state index contributed by atoms with van der Waals surface area (Å²) in [6.45, 7) is -3.53. The number of aromatic amines is 4. The number of nitrogens with two attached hydrogens (primary N) is 4. The molecule has 9 aliphatic rings. The number of esters is 2. The van der Waals surface area contributed by atoms with Gasteiger partial charge in [-0.05, 0) is 112 Å². The minimum absolute atomic E-state index is 0.00261. The molecule has 23 atom stereocenters. The zero-order valence-corrected chi connectivity index (χ0v) is 77.5. The summed E-state index contributed by atoms with van der Waals surface area (Å²) < 4.78 is 142. The van der Waals surface area contributed by atoms with E-state index in [1.54, 1.807) is 60.7 Å². The number of hydrogen-bond acceptors (Lipinski definition) is 47. The number of para-hydroxylation sites is 2. The van der Waals surface area contributed by atoms with Crippen LogP contribution in [0.1, 0.15) is 103 Å². The van der Waals surface area contributed by atoms with Crippen molar-refractivity contribution in [3.05, 3.63) is 169 Å². The van der Waals surface area contributed by atoms with Crippen LogP contribution in [0.4, 0.5) is 23.8 Å². The van der Waals surface area contributed by atoms with Gasteiger partial charge >= 0.3 is 27.4 Å². The number of ether oxygens (including phenoxy) is 15. The first-order valence-corrected chi connectivity index (χ1v) is 46.7. The van der Waals surface area contributed by atoms with E-state index in [2.05, 4.69) is 110 Å². The van der Waals surface area contributed by atoms with Crippen molar-refractivity contribution in [2.45, 2.75) is 218 Å². The van der Waals surface area contributed by atoms with Crippen molar-refractivity contribution in [1.82, 2.24) is 88.3 Å². The molecule has 10 aromatic rings. The number of aliphatic hydroxyl groups excluding tert-OH is 4. The third-order valence-corrected chi connectivity index (χ3v) is 27.0. The molecule has 0 radical (unpaired) electrons. The van der Waals surface area contributed by atoms with Crippen LogP contribution in [0.3, 0.4) is 0 Å². The number of hydrogen-bond donors (Lipinski definition) is 14. The molecule has 7 saturated heterocycles. The van der Waals surface area contributed by atoms with Crippen molar-refractivity contribution < 1.29 is 128 Å². The fourth-order valence-electron chi connectivity index (χ4n) is 17.0. The molecule has 8 aromatic heterocycles. The number of carbonyl (C=O) groups excluding carboxylic acids is 2. The number of benzene rings is 2. The van der Waals surface area contributed by atoms with Gasteiger partial charge in [-0.3, -0.25) is 76.0 Å². The molecule has 5 unspecified atom stereocenters. The van der Waals surface area contributed by atoms with E-state index in [-0.39, 0.29) is 92.2 Å². The fourth-order valence-corrected chi connectivity index (χ4v) is 20.1. The average Bonchev–Trinajstić information content (AvgIpc) is 1.57. The largest absolute Gasteiger partial charge is 0.461 e. The number of rotatable bonds is 31. The summed E-state index contributed by atoms with van der Waals surface area (Å²) in [5, 5.41) is 59.2. The van der Waals surface area contributed by atoms with Crippen molar-refractivity contribution in [3.63, 3.8) is 0 Å². The lowest BCUT2D eigenvalue weighted by Gasteiger charge is -2.31. The Morgan fingerprint density at radius 2 is 0.762 bits per heavy atom. The Morgan fingerprint density at radius 3 is 1.08 bits per heavy atom. The van der Waals surface area contributed by atoms with Gasteiger partial charge in [-0.1, -0.05) is 69.7 Å². The maximum Gasteiger partial charge on any atom is 0.459 e. The summed E-state index contributed by atoms with van der Waals surface area (Å²) in [5.41, 5.74) is 49.3. The number of aromatic nitrogens is 16. The molecule has 65 nitrogen and oxygen atoms in total. The van der Waals surface area contributed by atoms with E-state index in [1.165, 1.54) is 67.9 Å². The number of nitrogens with one attached hydrogen (secondary N) is 6. The molecular weight excluding hydrogens is 1950 g/mol. The zero-order chi connectivity index (χ0) is 102. The second-order valence-electron chi connectivity index (χ2n) is 33.0. The lowest BCUT2D eigenvalue weighted by Crippen LogP contribution is -2.45. The van der Waals surface area contributed by atoms with Crippen molar-refractivity contribution >= 4 is 95.9 Å². The third kappa shape index (κ3) is 21.0. The number of methoxy groups -OCH3 is 3. The molecule has 15 heterocycles. The number of azide groups is 4. The van der Waals surface area contributed by atoms with Crippen LogP contribution in [0.2, 0.25) is 0 Å². The molecule has 18 N–H and O–H groups in total. The van der Waals surface area contributed by atoms with Crippen LogP contribution in [-0.4, -0.2) is 274 Å². The Bertz CT molecular complexity index is 6620. The second-order valence-corrected chi connectivity index (χ2v) is 36.4. The Labute approximate surface area is 799 Å². The van der Waals surface area contributed by atoms with Gasteiger partial charge in [0.2, 0.25) is 46.7 Å². The number of imidazole rings is 4. The van der Waals surface area contributed by atoms with E-state index < -0.39 is 204 Å². The van der Waals surface area contributed by atoms with Crippen LogP contribution in [0, 0.1) is 0 Å². The molecule has 2 aromatic carbocycles. The van der Waals surface area contributed by atoms with E-state index in [0.29, 0.717) is 0 Å². The van der Waals surface area contributed by atoms with Gasteiger partial charge in [-0.15, -0.1) is 0 Å². The highest BCUT2D eigenvalue weighted by Crippen LogP contribution is 2.55. The monoisotopic (exact) mass is 2040 g/mol. The molecule has 764 valence electrons. The van der Waals surface area contributed by atoms with Gasteiger partial charge in [0.25, 0.3) is 41.7 Å². The first-order valence-electron chi connectivity index (χ1n) is 43.6. The van der Waals surface area contributed by atoms with Gasteiger partial charge < -0.3 is 123 Å². The molecule has 0 amide bonds. The van der Waals surface area contributed by atoms with Crippen LogP contribution in [0.5, 0.6) is 11.5 Å². The van der Waals surface area contributed by atoms with Crippen LogP contribution < -0.4 is 64.4 Å². The standard InChI is InChI=1S/2C27H34N9O10P.C12H14N8O6.C10H12N8O5/c2*1-15(24(38)42-16-9-5-3-6-10-16)33-47(39,46-17-11-7-4-8-12-17)41-13-27(34-35-29)20-19(43-26(40-2)44-20)23(45-27)36-14-30-18-21(36)31-25(28)32-22(18)37;1-23-11-24-5-6(25-11)12(2-21,18-19-14)26-9(5)20-3-15-4-7(20)16-10(13)17-8(4)22;11-9-14-6-3(7(22)15-9)13-2-18(6)8-4(20)5(21)10(1-19,23-8)16-17-12/h2*4,7-8,11-12,14-16,19-20,23,26H,3,5-6,9-10,13H2,1-2H3,(H,33,39)(H3,28,31,32,37);3,5-6,9,11,21H,2H2,1H3,(H3,13,16,17,22);2,4-5,8,19-21H,1H2,(H3,11,14,15,22)/t2*15-,19+,20-,23+,26?,27+,47?;5-,6+,9-,11?,12-;4-,5+,8-,10-/m0011/s1. The van der Waals surface area contributed by atoms with Crippen LogP contribution >= 0.6 is 15.5 Å².